The van der Waals surface area contributed by atoms with E-state index >= 15 is 0 Å². The molecule has 5 nitrogen and oxygen atoms in total. The summed E-state index contributed by atoms with van der Waals surface area (Å²) in [4.78, 5) is 9.47. The fourth-order valence-electron chi connectivity index (χ4n) is 2.55. The second kappa shape index (κ2) is 3.62. The largest absolute Gasteiger partial charge is 0.307 e. The number of aromatic nitrogens is 4. The molecule has 5 heteroatoms. The van der Waals surface area contributed by atoms with Crippen molar-refractivity contribution in [2.24, 2.45) is 7.05 Å². The number of hydrogen-bond acceptors (Lipinski definition) is 4. The number of aryl methyl sites for hydroxylation is 1. The molecule has 92 valence electrons. The number of rotatable bonds is 2. The summed E-state index contributed by atoms with van der Waals surface area (Å²) in [5.41, 5.74) is 4.79. The third-order valence-corrected chi connectivity index (χ3v) is 3.65. The summed E-state index contributed by atoms with van der Waals surface area (Å²) in [6.07, 6.45) is 6.35. The molecule has 4 rings (SSSR count). The van der Waals surface area contributed by atoms with Gasteiger partial charge < -0.3 is 5.32 Å². The van der Waals surface area contributed by atoms with Gasteiger partial charge in [0.2, 0.25) is 0 Å². The molecule has 0 radical (unpaired) electrons. The van der Waals surface area contributed by atoms with Crippen molar-refractivity contribution < 1.29 is 0 Å². The Morgan fingerprint density at radius 2 is 2.17 bits per heavy atom. The summed E-state index contributed by atoms with van der Waals surface area (Å²) < 4.78 is 1.79. The lowest BCUT2D eigenvalue weighted by Crippen LogP contribution is -2.02. The zero-order valence-electron chi connectivity index (χ0n) is 10.3. The van der Waals surface area contributed by atoms with E-state index in [9.17, 15) is 0 Å². The lowest BCUT2D eigenvalue weighted by molar-refractivity contribution is 0.755. The minimum atomic E-state index is 0.664. The van der Waals surface area contributed by atoms with E-state index in [1.54, 1.807) is 4.68 Å². The highest BCUT2D eigenvalue weighted by atomic mass is 15.2. The molecule has 0 spiro atoms. The highest BCUT2D eigenvalue weighted by Crippen LogP contribution is 2.42. The van der Waals surface area contributed by atoms with Crippen LogP contribution < -0.4 is 5.32 Å². The molecule has 2 aromatic heterocycles. The second-order valence-electron chi connectivity index (χ2n) is 5.14. The maximum atomic E-state index is 4.79. The first-order chi connectivity index (χ1) is 8.81. The van der Waals surface area contributed by atoms with Crippen molar-refractivity contribution in [3.63, 3.8) is 0 Å². The van der Waals surface area contributed by atoms with Gasteiger partial charge in [-0.2, -0.15) is 5.10 Å². The Balaban J connectivity index is 1.87. The van der Waals surface area contributed by atoms with Crippen LogP contribution in [0.15, 0.2) is 12.4 Å². The molecule has 0 aromatic carbocycles. The molecule has 0 atom stereocenters. The smallest absolute Gasteiger partial charge is 0.162 e. The molecule has 0 saturated heterocycles. The predicted octanol–water partition coefficient (Wildman–Crippen LogP) is 1.36. The summed E-state index contributed by atoms with van der Waals surface area (Å²) >= 11 is 0. The molecule has 1 saturated carbocycles. The molecule has 1 aliphatic heterocycles. The lowest BCUT2D eigenvalue weighted by atomic mass is 10.1. The highest BCUT2D eigenvalue weighted by Gasteiger charge is 2.31. The number of hydrogen-bond donors (Lipinski definition) is 1. The van der Waals surface area contributed by atoms with E-state index in [0.717, 1.165) is 24.5 Å². The van der Waals surface area contributed by atoms with Gasteiger partial charge in [0.05, 0.1) is 23.1 Å². The van der Waals surface area contributed by atoms with Crippen LogP contribution in [0.1, 0.15) is 35.7 Å². The molecule has 0 unspecified atom stereocenters. The van der Waals surface area contributed by atoms with Gasteiger partial charge in [-0.1, -0.05) is 0 Å². The molecule has 0 bridgehead atoms. The van der Waals surface area contributed by atoms with Gasteiger partial charge in [-0.05, 0) is 12.8 Å². The van der Waals surface area contributed by atoms with Crippen molar-refractivity contribution in [2.75, 3.05) is 0 Å². The summed E-state index contributed by atoms with van der Waals surface area (Å²) in [5.74, 6) is 1.49. The molecule has 2 aromatic rings. The fraction of sp³-hybridized carbons (Fsp3) is 0.462. The first-order valence-electron chi connectivity index (χ1n) is 6.40. The summed E-state index contributed by atoms with van der Waals surface area (Å²) in [5, 5.41) is 7.57. The Labute approximate surface area is 105 Å². The number of fused-ring (bicyclic) bond motifs is 1. The first-order valence-corrected chi connectivity index (χ1v) is 6.40. The Hall–Kier alpha value is -1.75. The molecule has 1 fully saturated rings. The lowest BCUT2D eigenvalue weighted by Gasteiger charge is -2.07. The van der Waals surface area contributed by atoms with Crippen molar-refractivity contribution in [3.8, 4) is 11.4 Å². The number of nitrogens with one attached hydrogen (secondary N) is 1. The standard InChI is InChI=1S/C13H15N5/c1-18-7-9(4-15-18)13-16-11-6-14-5-10(11)12(17-13)8-2-3-8/h4,7-8,14H,2-3,5-6H2,1H3. The van der Waals surface area contributed by atoms with Gasteiger partial charge in [-0.25, -0.2) is 9.97 Å². The average Bonchev–Trinajstić information content (AvgIpc) is 2.94. The monoisotopic (exact) mass is 241 g/mol. The van der Waals surface area contributed by atoms with E-state index in [1.807, 2.05) is 19.4 Å². The SMILES string of the molecule is Cn1cc(-c2nc3c(c(C4CC4)n2)CNC3)cn1. The van der Waals surface area contributed by atoms with E-state index < -0.39 is 0 Å². The van der Waals surface area contributed by atoms with E-state index in [4.69, 9.17) is 4.98 Å². The van der Waals surface area contributed by atoms with Crippen LogP contribution in [-0.2, 0) is 20.1 Å². The van der Waals surface area contributed by atoms with E-state index in [1.165, 1.54) is 29.8 Å². The van der Waals surface area contributed by atoms with Crippen LogP contribution in [0.3, 0.4) is 0 Å². The molecule has 18 heavy (non-hydrogen) atoms. The van der Waals surface area contributed by atoms with Crippen molar-refractivity contribution in [1.29, 1.82) is 0 Å². The predicted molar refractivity (Wildman–Crippen MR) is 66.8 cm³/mol. The van der Waals surface area contributed by atoms with Gasteiger partial charge in [0.15, 0.2) is 5.82 Å². The minimum absolute atomic E-state index is 0.664. The molecule has 1 aliphatic carbocycles. The zero-order chi connectivity index (χ0) is 12.1. The maximum Gasteiger partial charge on any atom is 0.162 e. The second-order valence-corrected chi connectivity index (χ2v) is 5.14. The van der Waals surface area contributed by atoms with Crippen molar-refractivity contribution >= 4 is 0 Å². The Bertz CT molecular complexity index is 612. The van der Waals surface area contributed by atoms with Gasteiger partial charge in [-0.15, -0.1) is 0 Å². The fourth-order valence-corrected chi connectivity index (χ4v) is 2.55. The zero-order valence-corrected chi connectivity index (χ0v) is 10.3. The van der Waals surface area contributed by atoms with E-state index in [2.05, 4.69) is 15.4 Å². The molecule has 3 heterocycles. The Morgan fingerprint density at radius 3 is 2.89 bits per heavy atom. The van der Waals surface area contributed by atoms with Crippen LogP contribution in [0.2, 0.25) is 0 Å². The number of nitrogens with zero attached hydrogens (tertiary/aromatic N) is 4. The molecule has 1 N–H and O–H groups in total. The van der Waals surface area contributed by atoms with Gasteiger partial charge in [-0.3, -0.25) is 4.68 Å². The van der Waals surface area contributed by atoms with Crippen LogP contribution in [0.25, 0.3) is 11.4 Å². The molecular weight excluding hydrogens is 226 g/mol. The van der Waals surface area contributed by atoms with Crippen LogP contribution >= 0.6 is 0 Å². The van der Waals surface area contributed by atoms with Gasteiger partial charge in [0, 0.05) is 37.8 Å². The third-order valence-electron chi connectivity index (χ3n) is 3.65. The normalized spacial score (nSPS) is 18.1. The minimum Gasteiger partial charge on any atom is -0.307 e. The maximum absolute atomic E-state index is 4.79. The van der Waals surface area contributed by atoms with E-state index in [0.29, 0.717) is 5.92 Å². The third kappa shape index (κ3) is 1.54. The van der Waals surface area contributed by atoms with Crippen molar-refractivity contribution in [3.05, 3.63) is 29.3 Å². The first kappa shape index (κ1) is 10.2. The quantitative estimate of drug-likeness (QED) is 0.862. The van der Waals surface area contributed by atoms with Crippen molar-refractivity contribution in [2.45, 2.75) is 31.8 Å². The highest BCUT2D eigenvalue weighted by molar-refractivity contribution is 5.54. The topological polar surface area (TPSA) is 55.6 Å². The molecular formula is C13H15N5. The van der Waals surface area contributed by atoms with Crippen LogP contribution in [0.4, 0.5) is 0 Å². The van der Waals surface area contributed by atoms with Crippen LogP contribution in [0, 0.1) is 0 Å². The average molecular weight is 241 g/mol. The van der Waals surface area contributed by atoms with Gasteiger partial charge in [0.25, 0.3) is 0 Å². The Morgan fingerprint density at radius 1 is 1.28 bits per heavy atom. The molecule has 0 amide bonds. The van der Waals surface area contributed by atoms with Gasteiger partial charge in [0.1, 0.15) is 0 Å². The summed E-state index contributed by atoms with van der Waals surface area (Å²) in [6, 6.07) is 0. The van der Waals surface area contributed by atoms with E-state index in [-0.39, 0.29) is 0 Å². The summed E-state index contributed by atoms with van der Waals surface area (Å²) in [7, 11) is 1.92. The van der Waals surface area contributed by atoms with Gasteiger partial charge >= 0.3 is 0 Å². The summed E-state index contributed by atoms with van der Waals surface area (Å²) in [6.45, 7) is 1.79. The molecule has 2 aliphatic rings. The van der Waals surface area contributed by atoms with Crippen LogP contribution in [-0.4, -0.2) is 19.7 Å². The Kier molecular flexibility index (Phi) is 2.05. The van der Waals surface area contributed by atoms with Crippen molar-refractivity contribution in [1.82, 2.24) is 25.1 Å². The van der Waals surface area contributed by atoms with Crippen LogP contribution in [0.5, 0.6) is 0 Å².